The van der Waals surface area contributed by atoms with E-state index in [0.717, 1.165) is 6.42 Å². The molecule has 0 aliphatic carbocycles. The van der Waals surface area contributed by atoms with Crippen molar-refractivity contribution in [2.24, 2.45) is 0 Å². The van der Waals surface area contributed by atoms with E-state index in [4.69, 9.17) is 21.1 Å². The van der Waals surface area contributed by atoms with Gasteiger partial charge in [-0.2, -0.15) is 0 Å². The number of nitrogens with one attached hydrogen (secondary N) is 1. The van der Waals surface area contributed by atoms with Crippen LogP contribution in [-0.2, 0) is 4.79 Å². The highest BCUT2D eigenvalue weighted by Crippen LogP contribution is 2.32. The lowest BCUT2D eigenvalue weighted by Gasteiger charge is -2.11. The molecule has 110 valence electrons. The molecule has 0 heterocycles. The van der Waals surface area contributed by atoms with Crippen molar-refractivity contribution in [3.8, 4) is 11.5 Å². The number of ether oxygens (including phenoxy) is 2. The van der Waals surface area contributed by atoms with Crippen molar-refractivity contribution in [1.29, 1.82) is 0 Å². The second-order valence-electron chi connectivity index (χ2n) is 4.16. The molecule has 1 aromatic carbocycles. The Bertz CT molecular complexity index is 502. The lowest BCUT2D eigenvalue weighted by Crippen LogP contribution is -2.29. The Morgan fingerprint density at radius 2 is 1.80 bits per heavy atom. The van der Waals surface area contributed by atoms with E-state index >= 15 is 0 Å². The fraction of sp³-hybridized carbons (Fsp3) is 0.429. The molecule has 0 aromatic heterocycles. The van der Waals surface area contributed by atoms with Crippen LogP contribution in [-0.4, -0.2) is 32.5 Å². The maximum absolute atomic E-state index is 12.0. The molecule has 0 spiro atoms. The first kappa shape index (κ1) is 16.3. The van der Waals surface area contributed by atoms with Gasteiger partial charge in [-0.05, 0) is 12.5 Å². The molecule has 0 atom stereocenters. The molecule has 0 radical (unpaired) electrons. The summed E-state index contributed by atoms with van der Waals surface area (Å²) in [6.45, 7) is 1.91. The van der Waals surface area contributed by atoms with E-state index in [1.807, 2.05) is 6.92 Å². The Balaban J connectivity index is 2.85. The van der Waals surface area contributed by atoms with Gasteiger partial charge in [-0.15, -0.1) is 0 Å². The molecular weight excluding hydrogens is 282 g/mol. The van der Waals surface area contributed by atoms with Gasteiger partial charge >= 0.3 is 0 Å². The van der Waals surface area contributed by atoms with E-state index in [9.17, 15) is 9.59 Å². The average Bonchev–Trinajstić information content (AvgIpc) is 2.44. The van der Waals surface area contributed by atoms with Crippen molar-refractivity contribution in [3.63, 3.8) is 0 Å². The van der Waals surface area contributed by atoms with Gasteiger partial charge < -0.3 is 14.8 Å². The van der Waals surface area contributed by atoms with Gasteiger partial charge in [-0.3, -0.25) is 9.59 Å². The van der Waals surface area contributed by atoms with Crippen LogP contribution in [0.15, 0.2) is 12.1 Å². The van der Waals surface area contributed by atoms with Crippen LogP contribution in [0.1, 0.15) is 30.1 Å². The molecule has 6 heteroatoms. The molecule has 0 fully saturated rings. The lowest BCUT2D eigenvalue weighted by molar-refractivity contribution is -0.118. The number of amides is 1. The number of carbonyl (C=O) groups is 2. The predicted molar refractivity (Wildman–Crippen MR) is 76.8 cm³/mol. The molecule has 0 unspecified atom stereocenters. The molecule has 20 heavy (non-hydrogen) atoms. The number of hydrogen-bond donors (Lipinski definition) is 1. The maximum atomic E-state index is 12.0. The van der Waals surface area contributed by atoms with Crippen molar-refractivity contribution in [1.82, 2.24) is 5.32 Å². The number of Topliss-reactive ketones (excluding diaryl/α,β-unsaturated/α-hetero) is 1. The SMILES string of the molecule is CCCC(=O)CNC(=O)c1cc(OC)c(OC)cc1Cl. The van der Waals surface area contributed by atoms with E-state index < -0.39 is 5.91 Å². The van der Waals surface area contributed by atoms with Gasteiger partial charge in [0.25, 0.3) is 5.91 Å². The summed E-state index contributed by atoms with van der Waals surface area (Å²) in [5.41, 5.74) is 0.244. The van der Waals surface area contributed by atoms with Gasteiger partial charge in [-0.25, -0.2) is 0 Å². The van der Waals surface area contributed by atoms with Crippen molar-refractivity contribution < 1.29 is 19.1 Å². The second-order valence-corrected chi connectivity index (χ2v) is 4.57. The van der Waals surface area contributed by atoms with Crippen molar-refractivity contribution in [3.05, 3.63) is 22.7 Å². The number of benzene rings is 1. The zero-order valence-corrected chi connectivity index (χ0v) is 12.5. The van der Waals surface area contributed by atoms with Crippen LogP contribution in [0, 0.1) is 0 Å². The molecule has 0 aliphatic rings. The minimum atomic E-state index is -0.416. The number of hydrogen-bond acceptors (Lipinski definition) is 4. The van der Waals surface area contributed by atoms with E-state index in [0.29, 0.717) is 17.9 Å². The van der Waals surface area contributed by atoms with Gasteiger partial charge in [0.1, 0.15) is 0 Å². The van der Waals surface area contributed by atoms with Crippen LogP contribution in [0.5, 0.6) is 11.5 Å². The van der Waals surface area contributed by atoms with E-state index in [1.165, 1.54) is 26.4 Å². The molecule has 0 saturated carbocycles. The van der Waals surface area contributed by atoms with E-state index in [-0.39, 0.29) is 22.9 Å². The van der Waals surface area contributed by atoms with Crippen LogP contribution in [0.2, 0.25) is 5.02 Å². The third-order valence-electron chi connectivity index (χ3n) is 2.69. The van der Waals surface area contributed by atoms with Gasteiger partial charge in [-0.1, -0.05) is 18.5 Å². The van der Waals surface area contributed by atoms with Gasteiger partial charge in [0, 0.05) is 12.5 Å². The predicted octanol–water partition coefficient (Wildman–Crippen LogP) is 2.46. The van der Waals surface area contributed by atoms with Crippen LogP contribution in [0.25, 0.3) is 0 Å². The van der Waals surface area contributed by atoms with E-state index in [2.05, 4.69) is 5.32 Å². The molecule has 5 nitrogen and oxygen atoms in total. The summed E-state index contributed by atoms with van der Waals surface area (Å²) < 4.78 is 10.2. The molecule has 1 rings (SSSR count). The van der Waals surface area contributed by atoms with Crippen molar-refractivity contribution in [2.45, 2.75) is 19.8 Å². The Morgan fingerprint density at radius 1 is 1.20 bits per heavy atom. The third-order valence-corrected chi connectivity index (χ3v) is 3.01. The first-order chi connectivity index (χ1) is 9.53. The van der Waals surface area contributed by atoms with Crippen LogP contribution in [0.3, 0.4) is 0 Å². The summed E-state index contributed by atoms with van der Waals surface area (Å²) in [6, 6.07) is 2.99. The number of halogens is 1. The fourth-order valence-electron chi connectivity index (χ4n) is 1.67. The molecule has 0 saturated heterocycles. The average molecular weight is 300 g/mol. The Labute approximate surface area is 123 Å². The Morgan fingerprint density at radius 3 is 2.35 bits per heavy atom. The van der Waals surface area contributed by atoms with Gasteiger partial charge in [0.2, 0.25) is 0 Å². The quantitative estimate of drug-likeness (QED) is 0.840. The first-order valence-electron chi connectivity index (χ1n) is 6.24. The van der Waals surface area contributed by atoms with Gasteiger partial charge in [0.15, 0.2) is 17.3 Å². The molecular formula is C14H18ClNO4. The minimum Gasteiger partial charge on any atom is -0.493 e. The number of carbonyl (C=O) groups excluding carboxylic acids is 2. The smallest absolute Gasteiger partial charge is 0.253 e. The second kappa shape index (κ2) is 7.75. The Hall–Kier alpha value is -1.75. The number of methoxy groups -OCH3 is 2. The van der Waals surface area contributed by atoms with Crippen molar-refractivity contribution >= 4 is 23.3 Å². The largest absolute Gasteiger partial charge is 0.493 e. The summed E-state index contributed by atoms with van der Waals surface area (Å²) in [7, 11) is 2.95. The summed E-state index contributed by atoms with van der Waals surface area (Å²) in [5.74, 6) is 0.413. The van der Waals surface area contributed by atoms with Crippen LogP contribution in [0.4, 0.5) is 0 Å². The third kappa shape index (κ3) is 4.13. The zero-order chi connectivity index (χ0) is 15.1. The molecule has 1 aromatic rings. The summed E-state index contributed by atoms with van der Waals surface area (Å²) in [4.78, 5) is 23.4. The number of ketones is 1. The highest BCUT2D eigenvalue weighted by molar-refractivity contribution is 6.34. The molecule has 0 aliphatic heterocycles. The minimum absolute atomic E-state index is 0.00263. The fourth-order valence-corrected chi connectivity index (χ4v) is 1.91. The molecule has 1 N–H and O–H groups in total. The molecule has 0 bridgehead atoms. The number of rotatable bonds is 7. The maximum Gasteiger partial charge on any atom is 0.253 e. The van der Waals surface area contributed by atoms with Crippen molar-refractivity contribution in [2.75, 3.05) is 20.8 Å². The zero-order valence-electron chi connectivity index (χ0n) is 11.8. The monoisotopic (exact) mass is 299 g/mol. The normalized spacial score (nSPS) is 10.0. The van der Waals surface area contributed by atoms with Gasteiger partial charge in [0.05, 0.1) is 31.4 Å². The first-order valence-corrected chi connectivity index (χ1v) is 6.62. The standard InChI is InChI=1S/C14H18ClNO4/c1-4-5-9(17)8-16-14(18)10-6-12(19-2)13(20-3)7-11(10)15/h6-7H,4-5,8H2,1-3H3,(H,16,18). The summed E-state index contributed by atoms with van der Waals surface area (Å²) in [5, 5.41) is 2.78. The van der Waals surface area contributed by atoms with E-state index in [1.54, 1.807) is 0 Å². The lowest BCUT2D eigenvalue weighted by atomic mass is 10.1. The highest BCUT2D eigenvalue weighted by atomic mass is 35.5. The summed E-state index contributed by atoms with van der Waals surface area (Å²) in [6.07, 6.45) is 1.20. The Kier molecular flexibility index (Phi) is 6.31. The summed E-state index contributed by atoms with van der Waals surface area (Å²) >= 11 is 6.03. The van der Waals surface area contributed by atoms with Crippen LogP contribution >= 0.6 is 11.6 Å². The van der Waals surface area contributed by atoms with Crippen LogP contribution < -0.4 is 14.8 Å². The topological polar surface area (TPSA) is 64.6 Å². The highest BCUT2D eigenvalue weighted by Gasteiger charge is 2.16. The molecule has 1 amide bonds.